The molecule has 0 unspecified atom stereocenters. The molecule has 0 atom stereocenters. The summed E-state index contributed by atoms with van der Waals surface area (Å²) in [6.07, 6.45) is 1.77. The highest BCUT2D eigenvalue weighted by Gasteiger charge is 2.21. The maximum Gasteiger partial charge on any atom is 0.387 e. The highest BCUT2D eigenvalue weighted by molar-refractivity contribution is 6.32. The third-order valence-electron chi connectivity index (χ3n) is 4.12. The molecule has 0 bridgehead atoms. The van der Waals surface area contributed by atoms with Gasteiger partial charge in [0.15, 0.2) is 0 Å². The molecule has 1 heterocycles. The van der Waals surface area contributed by atoms with Gasteiger partial charge in [-0.2, -0.15) is 8.78 Å². The summed E-state index contributed by atoms with van der Waals surface area (Å²) in [6.45, 7) is -1.18. The van der Waals surface area contributed by atoms with Crippen molar-refractivity contribution in [1.82, 2.24) is 0 Å². The zero-order valence-electron chi connectivity index (χ0n) is 13.5. The molecule has 0 amide bonds. The average molecular weight is 369 g/mol. The zero-order valence-corrected chi connectivity index (χ0v) is 14.3. The van der Waals surface area contributed by atoms with E-state index in [4.69, 9.17) is 22.1 Å². The molecule has 3 rings (SSSR count). The summed E-state index contributed by atoms with van der Waals surface area (Å²) >= 11 is 6.14. The predicted octanol–water partition coefficient (Wildman–Crippen LogP) is 4.57. The molecule has 7 heteroatoms. The van der Waals surface area contributed by atoms with Crippen LogP contribution in [0.2, 0.25) is 5.02 Å². The number of halogens is 3. The lowest BCUT2D eigenvalue weighted by Crippen LogP contribution is -2.38. The van der Waals surface area contributed by atoms with Gasteiger partial charge in [-0.25, -0.2) is 0 Å². The Balaban J connectivity index is 1.54. The van der Waals surface area contributed by atoms with Crippen LogP contribution in [0.5, 0.6) is 11.5 Å². The second-order valence-electron chi connectivity index (χ2n) is 5.87. The summed E-state index contributed by atoms with van der Waals surface area (Å²) in [6, 6.07) is 11.9. The maximum atomic E-state index is 12.2. The van der Waals surface area contributed by atoms with Crippen molar-refractivity contribution in [2.24, 2.45) is 0 Å². The quantitative estimate of drug-likeness (QED) is 0.785. The number of hydrogen-bond acceptors (Lipinski definition) is 4. The summed E-state index contributed by atoms with van der Waals surface area (Å²) in [5, 5.41) is 0.511. The minimum atomic E-state index is -2.81. The van der Waals surface area contributed by atoms with Gasteiger partial charge < -0.3 is 20.1 Å². The van der Waals surface area contributed by atoms with Crippen molar-refractivity contribution in [3.05, 3.63) is 47.5 Å². The van der Waals surface area contributed by atoms with Gasteiger partial charge in [-0.1, -0.05) is 11.6 Å². The Labute approximate surface area is 150 Å². The van der Waals surface area contributed by atoms with Crippen LogP contribution in [0.1, 0.15) is 12.8 Å². The Hall–Kier alpha value is -2.21. The molecule has 25 heavy (non-hydrogen) atoms. The lowest BCUT2D eigenvalue weighted by atomic mass is 10.1. The van der Waals surface area contributed by atoms with Gasteiger partial charge >= 0.3 is 6.61 Å². The molecule has 2 N–H and O–H groups in total. The molecule has 1 aliphatic rings. The van der Waals surface area contributed by atoms with Crippen molar-refractivity contribution in [3.63, 3.8) is 0 Å². The van der Waals surface area contributed by atoms with Gasteiger partial charge in [0.25, 0.3) is 0 Å². The van der Waals surface area contributed by atoms with Crippen molar-refractivity contribution in [2.45, 2.75) is 25.6 Å². The Kier molecular flexibility index (Phi) is 5.48. The van der Waals surface area contributed by atoms with Gasteiger partial charge in [-0.05, 0) is 42.5 Å². The zero-order chi connectivity index (χ0) is 17.8. The van der Waals surface area contributed by atoms with Crippen LogP contribution in [0.15, 0.2) is 42.5 Å². The molecule has 0 saturated carbocycles. The summed E-state index contributed by atoms with van der Waals surface area (Å²) in [7, 11) is 0. The first-order chi connectivity index (χ1) is 12.0. The Morgan fingerprint density at radius 3 is 2.36 bits per heavy atom. The summed E-state index contributed by atoms with van der Waals surface area (Å²) in [4.78, 5) is 2.19. The Morgan fingerprint density at radius 1 is 1.08 bits per heavy atom. The first kappa shape index (κ1) is 17.6. The first-order valence-electron chi connectivity index (χ1n) is 8.03. The summed E-state index contributed by atoms with van der Waals surface area (Å²) in [5.74, 6) is 0.803. The minimum Gasteiger partial charge on any atom is -0.489 e. The van der Waals surface area contributed by atoms with Crippen molar-refractivity contribution in [3.8, 4) is 11.5 Å². The minimum absolute atomic E-state index is 0.0822. The molecule has 1 saturated heterocycles. The van der Waals surface area contributed by atoms with Gasteiger partial charge in [0.05, 0.1) is 5.02 Å². The number of alkyl halides is 2. The fraction of sp³-hybridized carbons (Fsp3) is 0.333. The normalized spacial score (nSPS) is 15.4. The van der Waals surface area contributed by atoms with Crippen LogP contribution in [0.25, 0.3) is 0 Å². The van der Waals surface area contributed by atoms with E-state index < -0.39 is 6.61 Å². The van der Waals surface area contributed by atoms with Crippen LogP contribution in [0.3, 0.4) is 0 Å². The van der Waals surface area contributed by atoms with E-state index in [1.165, 1.54) is 0 Å². The van der Waals surface area contributed by atoms with Gasteiger partial charge in [0.1, 0.15) is 17.6 Å². The maximum absolute atomic E-state index is 12.2. The average Bonchev–Trinajstić information content (AvgIpc) is 2.58. The van der Waals surface area contributed by atoms with Crippen LogP contribution >= 0.6 is 11.6 Å². The number of piperidine rings is 1. The van der Waals surface area contributed by atoms with Crippen LogP contribution in [-0.2, 0) is 0 Å². The van der Waals surface area contributed by atoms with Crippen molar-refractivity contribution >= 4 is 23.0 Å². The van der Waals surface area contributed by atoms with Crippen LogP contribution in [0.4, 0.5) is 20.2 Å². The Bertz CT molecular complexity index is 705. The fourth-order valence-corrected chi connectivity index (χ4v) is 3.10. The SMILES string of the molecule is Nc1ccc(OC2CCN(c3ccc(OC(F)F)cc3)CC2)c(Cl)c1. The van der Waals surface area contributed by atoms with Gasteiger partial charge in [-0.3, -0.25) is 0 Å². The molecule has 0 radical (unpaired) electrons. The molecule has 0 aliphatic carbocycles. The van der Waals surface area contributed by atoms with Gasteiger partial charge in [0.2, 0.25) is 0 Å². The van der Waals surface area contributed by atoms with Crippen molar-refractivity contribution < 1.29 is 18.3 Å². The molecule has 134 valence electrons. The molecule has 0 spiro atoms. The molecule has 2 aromatic rings. The fourth-order valence-electron chi connectivity index (χ4n) is 2.86. The topological polar surface area (TPSA) is 47.7 Å². The highest BCUT2D eigenvalue weighted by atomic mass is 35.5. The highest BCUT2D eigenvalue weighted by Crippen LogP contribution is 2.30. The van der Waals surface area contributed by atoms with E-state index in [-0.39, 0.29) is 11.9 Å². The summed E-state index contributed by atoms with van der Waals surface area (Å²) in [5.41, 5.74) is 7.26. The molecular formula is C18H19ClF2N2O2. The van der Waals surface area contributed by atoms with Crippen LogP contribution < -0.4 is 20.1 Å². The van der Waals surface area contributed by atoms with Gasteiger partial charge in [0, 0.05) is 37.3 Å². The van der Waals surface area contributed by atoms with E-state index in [0.29, 0.717) is 16.5 Å². The number of rotatable bonds is 5. The van der Waals surface area contributed by atoms with Crippen molar-refractivity contribution in [1.29, 1.82) is 0 Å². The van der Waals surface area contributed by atoms with E-state index in [9.17, 15) is 8.78 Å². The molecule has 2 aromatic carbocycles. The monoisotopic (exact) mass is 368 g/mol. The van der Waals surface area contributed by atoms with Crippen molar-refractivity contribution in [2.75, 3.05) is 23.7 Å². The lowest BCUT2D eigenvalue weighted by Gasteiger charge is -2.34. The predicted molar refractivity (Wildman–Crippen MR) is 94.8 cm³/mol. The number of ether oxygens (including phenoxy) is 2. The molecule has 0 aromatic heterocycles. The smallest absolute Gasteiger partial charge is 0.387 e. The largest absolute Gasteiger partial charge is 0.489 e. The third kappa shape index (κ3) is 4.66. The number of nitrogens with zero attached hydrogens (tertiary/aromatic N) is 1. The van der Waals surface area contributed by atoms with Crippen LogP contribution in [0, 0.1) is 0 Å². The van der Waals surface area contributed by atoms with E-state index in [1.807, 2.05) is 0 Å². The van der Waals surface area contributed by atoms with E-state index in [2.05, 4.69) is 9.64 Å². The number of nitrogen functional groups attached to an aromatic ring is 1. The number of benzene rings is 2. The first-order valence-corrected chi connectivity index (χ1v) is 8.40. The van der Waals surface area contributed by atoms with E-state index in [1.54, 1.807) is 42.5 Å². The third-order valence-corrected chi connectivity index (χ3v) is 4.41. The molecular weight excluding hydrogens is 350 g/mol. The van der Waals surface area contributed by atoms with E-state index in [0.717, 1.165) is 31.6 Å². The standard InChI is InChI=1S/C18H19ClF2N2O2/c19-16-11-12(22)1-6-17(16)24-15-7-9-23(10-8-15)13-2-4-14(5-3-13)25-18(20)21/h1-6,11,15,18H,7-10,22H2. The number of hydrogen-bond donors (Lipinski definition) is 1. The number of nitrogens with two attached hydrogens (primary N) is 1. The van der Waals surface area contributed by atoms with Gasteiger partial charge in [-0.15, -0.1) is 0 Å². The van der Waals surface area contributed by atoms with Crippen LogP contribution in [-0.4, -0.2) is 25.8 Å². The summed E-state index contributed by atoms with van der Waals surface area (Å²) < 4.78 is 34.7. The number of anilines is 2. The molecule has 1 aliphatic heterocycles. The Morgan fingerprint density at radius 2 is 1.76 bits per heavy atom. The molecule has 1 fully saturated rings. The second-order valence-corrected chi connectivity index (χ2v) is 6.27. The molecule has 4 nitrogen and oxygen atoms in total. The van der Waals surface area contributed by atoms with E-state index >= 15 is 0 Å². The second kappa shape index (κ2) is 7.78. The lowest BCUT2D eigenvalue weighted by molar-refractivity contribution is -0.0498.